The summed E-state index contributed by atoms with van der Waals surface area (Å²) in [7, 11) is 1.27. The Morgan fingerprint density at radius 1 is 1.09 bits per heavy atom. The van der Waals surface area contributed by atoms with Gasteiger partial charge in [-0.1, -0.05) is 0 Å². The number of ether oxygens (including phenoxy) is 1. The number of ketones is 1. The highest BCUT2D eigenvalue weighted by Crippen LogP contribution is 2.25. The average Bonchev–Trinajstić information content (AvgIpc) is 2.46. The number of non-ortho nitro benzene ring substituents is 1. The molecule has 0 aliphatic rings. The predicted molar refractivity (Wildman–Crippen MR) is 69.4 cm³/mol. The first-order chi connectivity index (χ1) is 10.3. The molecular formula is C14H8F3NO4. The predicted octanol–water partition coefficient (Wildman–Crippen LogP) is 3.25. The second kappa shape index (κ2) is 5.84. The Hall–Kier alpha value is -2.90. The minimum absolute atomic E-state index is 0.118. The van der Waals surface area contributed by atoms with Gasteiger partial charge in [-0.05, 0) is 18.2 Å². The van der Waals surface area contributed by atoms with Crippen molar-refractivity contribution in [1.29, 1.82) is 0 Å². The molecule has 0 N–H and O–H groups in total. The monoisotopic (exact) mass is 311 g/mol. The first-order valence-corrected chi connectivity index (χ1v) is 5.86. The van der Waals surface area contributed by atoms with E-state index in [-0.39, 0.29) is 5.75 Å². The van der Waals surface area contributed by atoms with E-state index in [9.17, 15) is 28.1 Å². The minimum Gasteiger partial charge on any atom is -0.497 e. The summed E-state index contributed by atoms with van der Waals surface area (Å²) in [5, 5.41) is 10.5. The van der Waals surface area contributed by atoms with E-state index in [2.05, 4.69) is 0 Å². The summed E-state index contributed by atoms with van der Waals surface area (Å²) in [5.41, 5.74) is -2.53. The smallest absolute Gasteiger partial charge is 0.275 e. The molecule has 0 radical (unpaired) electrons. The van der Waals surface area contributed by atoms with Gasteiger partial charge < -0.3 is 4.74 Å². The molecule has 0 amide bonds. The van der Waals surface area contributed by atoms with Crippen LogP contribution in [0.3, 0.4) is 0 Å². The molecule has 2 rings (SSSR count). The Labute approximate surface area is 122 Å². The number of hydrogen-bond donors (Lipinski definition) is 0. The molecular weight excluding hydrogens is 303 g/mol. The van der Waals surface area contributed by atoms with Crippen molar-refractivity contribution in [3.05, 3.63) is 69.0 Å². The number of benzene rings is 2. The van der Waals surface area contributed by atoms with Crippen LogP contribution in [0.4, 0.5) is 18.9 Å². The zero-order chi connectivity index (χ0) is 16.4. The maximum Gasteiger partial charge on any atom is 0.275 e. The first-order valence-electron chi connectivity index (χ1n) is 5.86. The fraction of sp³-hybridized carbons (Fsp3) is 0.0714. The Morgan fingerprint density at radius 3 is 2.18 bits per heavy atom. The number of carbonyl (C=O) groups is 1. The van der Waals surface area contributed by atoms with Gasteiger partial charge in [-0.15, -0.1) is 0 Å². The van der Waals surface area contributed by atoms with Crippen molar-refractivity contribution in [3.8, 4) is 5.75 Å². The van der Waals surface area contributed by atoms with Gasteiger partial charge in [-0.25, -0.2) is 13.2 Å². The van der Waals surface area contributed by atoms with E-state index in [0.717, 1.165) is 12.1 Å². The van der Waals surface area contributed by atoms with Crippen LogP contribution in [0.1, 0.15) is 15.9 Å². The lowest BCUT2D eigenvalue weighted by molar-refractivity contribution is -0.385. The molecule has 0 aliphatic heterocycles. The normalized spacial score (nSPS) is 10.4. The van der Waals surface area contributed by atoms with Crippen molar-refractivity contribution < 1.29 is 27.6 Å². The minimum atomic E-state index is -1.45. The highest BCUT2D eigenvalue weighted by Gasteiger charge is 2.25. The molecule has 22 heavy (non-hydrogen) atoms. The molecule has 2 aromatic carbocycles. The second-order valence-corrected chi connectivity index (χ2v) is 4.22. The molecule has 0 aliphatic carbocycles. The number of halogens is 3. The maximum atomic E-state index is 13.8. The third kappa shape index (κ3) is 2.76. The fourth-order valence-electron chi connectivity index (χ4n) is 1.82. The molecule has 2 aromatic rings. The SMILES string of the molecule is COc1ccc(F)c(C(=O)c2c(F)cc([N+](=O)[O-])cc2F)c1. The molecule has 0 bridgehead atoms. The third-order valence-corrected chi connectivity index (χ3v) is 2.88. The summed E-state index contributed by atoms with van der Waals surface area (Å²) in [6.45, 7) is 0. The Kier molecular flexibility index (Phi) is 4.11. The molecule has 0 saturated heterocycles. The number of rotatable bonds is 4. The summed E-state index contributed by atoms with van der Waals surface area (Å²) in [6.07, 6.45) is 0. The number of methoxy groups -OCH3 is 1. The van der Waals surface area contributed by atoms with Gasteiger partial charge in [0, 0.05) is 0 Å². The van der Waals surface area contributed by atoms with Gasteiger partial charge in [0.25, 0.3) is 5.69 Å². The van der Waals surface area contributed by atoms with Gasteiger partial charge >= 0.3 is 0 Å². The Bertz CT molecular complexity index is 754. The van der Waals surface area contributed by atoms with Gasteiger partial charge in [0.1, 0.15) is 23.2 Å². The summed E-state index contributed by atoms with van der Waals surface area (Å²) >= 11 is 0. The Morgan fingerprint density at radius 2 is 1.68 bits per heavy atom. The molecule has 5 nitrogen and oxygen atoms in total. The van der Waals surface area contributed by atoms with Crippen molar-refractivity contribution in [2.45, 2.75) is 0 Å². The molecule has 0 unspecified atom stereocenters. The van der Waals surface area contributed by atoms with Gasteiger partial charge in [-0.3, -0.25) is 14.9 Å². The van der Waals surface area contributed by atoms with E-state index < -0.39 is 45.0 Å². The quantitative estimate of drug-likeness (QED) is 0.494. The molecule has 0 fully saturated rings. The van der Waals surface area contributed by atoms with Crippen LogP contribution in [-0.2, 0) is 0 Å². The number of nitro groups is 1. The zero-order valence-corrected chi connectivity index (χ0v) is 11.1. The van der Waals surface area contributed by atoms with Crippen LogP contribution in [0.5, 0.6) is 5.75 Å². The topological polar surface area (TPSA) is 69.4 Å². The van der Waals surface area contributed by atoms with Crippen LogP contribution in [-0.4, -0.2) is 17.8 Å². The third-order valence-electron chi connectivity index (χ3n) is 2.88. The molecule has 8 heteroatoms. The van der Waals surface area contributed by atoms with E-state index in [0.29, 0.717) is 12.1 Å². The molecule has 0 aromatic heterocycles. The number of carbonyl (C=O) groups excluding carboxylic acids is 1. The van der Waals surface area contributed by atoms with Gasteiger partial charge in [0.2, 0.25) is 5.78 Å². The lowest BCUT2D eigenvalue weighted by Crippen LogP contribution is -2.10. The summed E-state index contributed by atoms with van der Waals surface area (Å²) in [6, 6.07) is 3.92. The van der Waals surface area contributed by atoms with Crippen LogP contribution >= 0.6 is 0 Å². The first kappa shape index (κ1) is 15.5. The second-order valence-electron chi connectivity index (χ2n) is 4.22. The van der Waals surface area contributed by atoms with E-state index >= 15 is 0 Å². The molecule has 0 saturated carbocycles. The highest BCUT2D eigenvalue weighted by molar-refractivity contribution is 6.09. The molecule has 0 heterocycles. The lowest BCUT2D eigenvalue weighted by Gasteiger charge is -2.07. The van der Waals surface area contributed by atoms with Crippen molar-refractivity contribution >= 4 is 11.5 Å². The molecule has 0 spiro atoms. The molecule has 114 valence electrons. The van der Waals surface area contributed by atoms with E-state index in [1.165, 1.54) is 13.2 Å². The summed E-state index contributed by atoms with van der Waals surface area (Å²) < 4.78 is 46.1. The van der Waals surface area contributed by atoms with E-state index in [1.807, 2.05) is 0 Å². The van der Waals surface area contributed by atoms with Gasteiger partial charge in [0.15, 0.2) is 0 Å². The van der Waals surface area contributed by atoms with Crippen LogP contribution in [0.2, 0.25) is 0 Å². The average molecular weight is 311 g/mol. The van der Waals surface area contributed by atoms with E-state index in [1.54, 1.807) is 0 Å². The highest BCUT2D eigenvalue weighted by atomic mass is 19.1. The van der Waals surface area contributed by atoms with Gasteiger partial charge in [0.05, 0.1) is 35.3 Å². The Balaban J connectivity index is 2.57. The van der Waals surface area contributed by atoms with Crippen molar-refractivity contribution in [1.82, 2.24) is 0 Å². The van der Waals surface area contributed by atoms with Crippen molar-refractivity contribution in [2.24, 2.45) is 0 Å². The zero-order valence-electron chi connectivity index (χ0n) is 11.1. The summed E-state index contributed by atoms with van der Waals surface area (Å²) in [5.74, 6) is -5.05. The van der Waals surface area contributed by atoms with Crippen LogP contribution in [0.25, 0.3) is 0 Å². The number of nitrogens with zero attached hydrogens (tertiary/aromatic N) is 1. The van der Waals surface area contributed by atoms with Crippen molar-refractivity contribution in [2.75, 3.05) is 7.11 Å². The van der Waals surface area contributed by atoms with Gasteiger partial charge in [-0.2, -0.15) is 0 Å². The standard InChI is InChI=1S/C14H8F3NO4/c1-22-8-2-3-10(15)9(6-8)14(19)13-11(16)4-7(18(20)21)5-12(13)17/h2-6H,1H3. The molecule has 0 atom stereocenters. The fourth-order valence-corrected chi connectivity index (χ4v) is 1.82. The number of hydrogen-bond acceptors (Lipinski definition) is 4. The van der Waals surface area contributed by atoms with Crippen LogP contribution < -0.4 is 4.74 Å². The largest absolute Gasteiger partial charge is 0.497 e. The summed E-state index contributed by atoms with van der Waals surface area (Å²) in [4.78, 5) is 21.6. The van der Waals surface area contributed by atoms with Crippen LogP contribution in [0, 0.1) is 27.6 Å². The lowest BCUT2D eigenvalue weighted by atomic mass is 10.0. The number of nitro benzene ring substituents is 1. The van der Waals surface area contributed by atoms with Crippen molar-refractivity contribution in [3.63, 3.8) is 0 Å². The van der Waals surface area contributed by atoms with E-state index in [4.69, 9.17) is 4.74 Å². The maximum absolute atomic E-state index is 13.8. The van der Waals surface area contributed by atoms with Crippen LogP contribution in [0.15, 0.2) is 30.3 Å².